The molecule has 0 heterocycles. The standard InChI is InChI=1S/2C2H4O3S.2CH3.Sn/c2*3-1(4)2(5)6;;;/h2*2,5-6H,(H,3,4);2*1H3;/q;;;;+2/p-2. The number of thiol groups is 2. The van der Waals surface area contributed by atoms with Crippen LogP contribution in [0.2, 0.25) is 9.88 Å². The van der Waals surface area contributed by atoms with Gasteiger partial charge in [-0.1, -0.05) is 0 Å². The molecule has 0 saturated heterocycles. The van der Waals surface area contributed by atoms with Gasteiger partial charge in [-0.05, 0) is 0 Å². The Morgan fingerprint density at radius 3 is 1.13 bits per heavy atom. The van der Waals surface area contributed by atoms with E-state index in [1.165, 1.54) is 0 Å². The Balaban J connectivity index is -0.000000153. The third kappa shape index (κ3) is 31.4. The average Bonchev–Trinajstić information content (AvgIpc) is 2.06. The van der Waals surface area contributed by atoms with Gasteiger partial charge in [0.2, 0.25) is 0 Å². The quantitative estimate of drug-likeness (QED) is 0.233. The van der Waals surface area contributed by atoms with Crippen LogP contribution in [0, 0.1) is 0 Å². The van der Waals surface area contributed by atoms with Crippen LogP contribution in [0.5, 0.6) is 0 Å². The molecular formula is C6H12O6S2Sn. The zero-order chi connectivity index (χ0) is 13.0. The van der Waals surface area contributed by atoms with E-state index in [2.05, 4.69) is 35.1 Å². The number of carbonyl (C=O) groups is 2. The monoisotopic (exact) mass is 364 g/mol. The second-order valence-corrected chi connectivity index (χ2v) is 5.72. The molecule has 0 radical (unpaired) electrons. The fourth-order valence-corrected chi connectivity index (χ4v) is 0. The molecule has 2 unspecified atom stereocenters. The van der Waals surface area contributed by atoms with Crippen molar-refractivity contribution in [3.05, 3.63) is 0 Å². The van der Waals surface area contributed by atoms with E-state index in [1.54, 1.807) is 0 Å². The number of aliphatic carboxylic acids is 2. The van der Waals surface area contributed by atoms with Crippen LogP contribution in [0.15, 0.2) is 0 Å². The molecule has 0 aromatic carbocycles. The first kappa shape index (κ1) is 20.7. The van der Waals surface area contributed by atoms with E-state index < -0.39 is 22.8 Å². The summed E-state index contributed by atoms with van der Waals surface area (Å²) in [6.45, 7) is 0. The fourth-order valence-electron chi connectivity index (χ4n) is 0. The predicted octanol–water partition coefficient (Wildman–Crippen LogP) is -3.24. The molecule has 0 rings (SSSR count). The van der Waals surface area contributed by atoms with Crippen LogP contribution in [0.25, 0.3) is 0 Å². The molecule has 2 atom stereocenters. The van der Waals surface area contributed by atoms with E-state index in [0.717, 1.165) is 0 Å². The van der Waals surface area contributed by atoms with Crippen molar-refractivity contribution in [1.82, 2.24) is 0 Å². The molecule has 0 spiro atoms. The van der Waals surface area contributed by atoms with Gasteiger partial charge >= 0.3 is 31.0 Å². The van der Waals surface area contributed by atoms with Crippen molar-refractivity contribution in [3.8, 4) is 0 Å². The zero-order valence-electron chi connectivity index (χ0n) is 8.08. The van der Waals surface area contributed by atoms with Gasteiger partial charge in [0, 0.05) is 0 Å². The van der Waals surface area contributed by atoms with Crippen molar-refractivity contribution in [1.29, 1.82) is 0 Å². The van der Waals surface area contributed by atoms with Crippen molar-refractivity contribution in [2.24, 2.45) is 0 Å². The summed E-state index contributed by atoms with van der Waals surface area (Å²) in [6.07, 6.45) is 0. The Labute approximate surface area is 109 Å². The molecule has 0 amide bonds. The molecule has 2 N–H and O–H groups in total. The molecule has 0 bridgehead atoms. The topological polar surface area (TPSA) is 121 Å². The molecule has 0 aromatic heterocycles. The van der Waals surface area contributed by atoms with Gasteiger partial charge in [-0.25, -0.2) is 0 Å². The van der Waals surface area contributed by atoms with E-state index in [4.69, 9.17) is 10.2 Å². The van der Waals surface area contributed by atoms with E-state index in [1.807, 2.05) is 0 Å². The number of carboxylic acids is 2. The predicted molar refractivity (Wildman–Crippen MR) is 57.5 cm³/mol. The van der Waals surface area contributed by atoms with E-state index >= 15 is 0 Å². The Bertz CT molecular complexity index is 157. The summed E-state index contributed by atoms with van der Waals surface area (Å²) >= 11 is 6.40. The first-order valence-electron chi connectivity index (χ1n) is 3.43. The molecule has 0 fully saturated rings. The number of rotatable bonds is 2. The van der Waals surface area contributed by atoms with Crippen molar-refractivity contribution in [2.75, 3.05) is 0 Å². The second-order valence-electron chi connectivity index (χ2n) is 1.89. The van der Waals surface area contributed by atoms with Crippen LogP contribution >= 0.6 is 25.3 Å². The number of carbonyl (C=O) groups excluding carboxylic acids is 2. The first-order valence-corrected chi connectivity index (χ1v) is 10.2. The van der Waals surface area contributed by atoms with Crippen molar-refractivity contribution in [2.45, 2.75) is 20.8 Å². The Kier molecular flexibility index (Phi) is 19.8. The van der Waals surface area contributed by atoms with Gasteiger partial charge < -0.3 is 30.0 Å². The van der Waals surface area contributed by atoms with Gasteiger partial charge in [0.25, 0.3) is 0 Å². The number of hydrogen-bond acceptors (Lipinski definition) is 8. The number of hydrogen-bond donors (Lipinski definition) is 4. The normalized spacial score (nSPS) is 11.6. The number of aliphatic hydroxyl groups is 2. The fraction of sp³-hybridized carbons (Fsp3) is 0.667. The van der Waals surface area contributed by atoms with Crippen molar-refractivity contribution < 1.29 is 30.0 Å². The van der Waals surface area contributed by atoms with Crippen LogP contribution in [0.4, 0.5) is 0 Å². The molecular weight excluding hydrogens is 351 g/mol. The van der Waals surface area contributed by atoms with Crippen molar-refractivity contribution in [3.63, 3.8) is 0 Å². The van der Waals surface area contributed by atoms with Gasteiger partial charge in [-0.15, -0.1) is 25.3 Å². The summed E-state index contributed by atoms with van der Waals surface area (Å²) in [4.78, 5) is 23.1. The van der Waals surface area contributed by atoms with Gasteiger partial charge in [0.15, 0.2) is 0 Å². The molecule has 0 aromatic rings. The third-order valence-corrected chi connectivity index (χ3v) is 0.843. The number of carboxylic acid groups (broad SMARTS) is 2. The molecule has 6 nitrogen and oxygen atoms in total. The molecule has 0 saturated carbocycles. The van der Waals surface area contributed by atoms with Gasteiger partial charge in [-0.2, -0.15) is 0 Å². The summed E-state index contributed by atoms with van der Waals surface area (Å²) in [6, 6.07) is 0. The van der Waals surface area contributed by atoms with Crippen LogP contribution < -0.4 is 10.2 Å². The number of aliphatic hydroxyl groups excluding tert-OH is 2. The molecule has 0 aliphatic rings. The van der Waals surface area contributed by atoms with Gasteiger partial charge in [-0.3, -0.25) is 0 Å². The maximum absolute atomic E-state index is 9.26. The summed E-state index contributed by atoms with van der Waals surface area (Å²) in [5, 5.41) is 34.2. The SMILES string of the molecule is O=C([O-])C(O)S.O=C([O-])C(O)S.[CH3][Sn+2][CH3]. The molecule has 9 heteroatoms. The molecule has 0 aliphatic carbocycles. The summed E-state index contributed by atoms with van der Waals surface area (Å²) < 4.78 is 0. The summed E-state index contributed by atoms with van der Waals surface area (Å²) in [5.41, 5.74) is -3.30. The molecule has 15 heavy (non-hydrogen) atoms. The van der Waals surface area contributed by atoms with Crippen LogP contribution in [-0.4, -0.2) is 54.2 Å². The Morgan fingerprint density at radius 2 is 1.13 bits per heavy atom. The zero-order valence-corrected chi connectivity index (χ0v) is 12.7. The summed E-state index contributed by atoms with van der Waals surface area (Å²) in [7, 11) is 0. The third-order valence-electron chi connectivity index (χ3n) is 0.422. The van der Waals surface area contributed by atoms with E-state index in [9.17, 15) is 19.8 Å². The van der Waals surface area contributed by atoms with Crippen LogP contribution in [0.1, 0.15) is 0 Å². The second kappa shape index (κ2) is 14.4. The van der Waals surface area contributed by atoms with Crippen LogP contribution in [0.3, 0.4) is 0 Å². The average molecular weight is 363 g/mol. The van der Waals surface area contributed by atoms with Crippen LogP contribution in [-0.2, 0) is 9.59 Å². The minimum atomic E-state index is -1.65. The minimum absolute atomic E-state index is 0.230. The Hall–Kier alpha value is 0.359. The summed E-state index contributed by atoms with van der Waals surface area (Å²) in [5.74, 6) is -3.14. The maximum atomic E-state index is 9.26. The van der Waals surface area contributed by atoms with Gasteiger partial charge in [0.05, 0.1) is 11.9 Å². The molecule has 0 aliphatic heterocycles. The molecule has 88 valence electrons. The Morgan fingerprint density at radius 1 is 1.07 bits per heavy atom. The van der Waals surface area contributed by atoms with Crippen molar-refractivity contribution >= 4 is 58.3 Å². The van der Waals surface area contributed by atoms with Gasteiger partial charge in [0.1, 0.15) is 10.9 Å². The van der Waals surface area contributed by atoms with E-state index in [0.29, 0.717) is 0 Å². The first-order chi connectivity index (χ1) is 6.70. The van der Waals surface area contributed by atoms with E-state index in [-0.39, 0.29) is 21.1 Å².